The standard InChI is InChI=1S/C12H16N4O3/c1-9(16-19)11(17)14-7-4-8-15-12(18)10-5-2-3-6-13-10/h2-3,5-6,19H,4,7-8H2,1H3,(H,14,17)(H,15,18)/b16-9+. The van der Waals surface area contributed by atoms with Gasteiger partial charge in [0.1, 0.15) is 11.4 Å². The van der Waals surface area contributed by atoms with Crippen LogP contribution in [0.1, 0.15) is 23.8 Å². The molecule has 1 heterocycles. The van der Waals surface area contributed by atoms with Crippen molar-refractivity contribution in [2.75, 3.05) is 13.1 Å². The lowest BCUT2D eigenvalue weighted by Gasteiger charge is -2.05. The molecule has 0 aliphatic heterocycles. The van der Waals surface area contributed by atoms with E-state index in [0.29, 0.717) is 25.2 Å². The van der Waals surface area contributed by atoms with Gasteiger partial charge in [0.2, 0.25) is 0 Å². The van der Waals surface area contributed by atoms with Crippen molar-refractivity contribution in [3.05, 3.63) is 30.1 Å². The Balaban J connectivity index is 2.18. The molecule has 0 radical (unpaired) electrons. The maximum Gasteiger partial charge on any atom is 0.269 e. The van der Waals surface area contributed by atoms with Crippen LogP contribution < -0.4 is 10.6 Å². The molecule has 0 aromatic carbocycles. The van der Waals surface area contributed by atoms with Crippen molar-refractivity contribution in [1.29, 1.82) is 0 Å². The van der Waals surface area contributed by atoms with Gasteiger partial charge in [0.25, 0.3) is 11.8 Å². The number of pyridine rings is 1. The number of nitrogens with one attached hydrogen (secondary N) is 2. The molecule has 0 aliphatic carbocycles. The van der Waals surface area contributed by atoms with Gasteiger partial charge in [-0.2, -0.15) is 0 Å². The maximum atomic E-state index is 11.6. The highest BCUT2D eigenvalue weighted by atomic mass is 16.4. The summed E-state index contributed by atoms with van der Waals surface area (Å²) in [6.07, 6.45) is 2.12. The summed E-state index contributed by atoms with van der Waals surface area (Å²) in [6, 6.07) is 5.09. The van der Waals surface area contributed by atoms with E-state index in [1.807, 2.05) is 0 Å². The number of nitrogens with zero attached hydrogens (tertiary/aromatic N) is 2. The fourth-order valence-corrected chi connectivity index (χ4v) is 1.25. The van der Waals surface area contributed by atoms with Crippen molar-refractivity contribution < 1.29 is 14.8 Å². The van der Waals surface area contributed by atoms with E-state index in [2.05, 4.69) is 20.8 Å². The van der Waals surface area contributed by atoms with Gasteiger partial charge >= 0.3 is 0 Å². The van der Waals surface area contributed by atoms with E-state index in [1.54, 1.807) is 24.4 Å². The summed E-state index contributed by atoms with van der Waals surface area (Å²) >= 11 is 0. The van der Waals surface area contributed by atoms with Crippen LogP contribution in [0.4, 0.5) is 0 Å². The van der Waals surface area contributed by atoms with Crippen LogP contribution in [0.15, 0.2) is 29.6 Å². The summed E-state index contributed by atoms with van der Waals surface area (Å²) < 4.78 is 0. The molecule has 1 aromatic rings. The molecule has 19 heavy (non-hydrogen) atoms. The molecule has 0 unspecified atom stereocenters. The van der Waals surface area contributed by atoms with Crippen LogP contribution >= 0.6 is 0 Å². The van der Waals surface area contributed by atoms with E-state index < -0.39 is 5.91 Å². The van der Waals surface area contributed by atoms with Crippen LogP contribution in [0.3, 0.4) is 0 Å². The molecule has 0 spiro atoms. The molecule has 7 nitrogen and oxygen atoms in total. The Morgan fingerprint density at radius 2 is 2.05 bits per heavy atom. The molecule has 0 bridgehead atoms. The third-order valence-electron chi connectivity index (χ3n) is 2.30. The number of hydrogen-bond donors (Lipinski definition) is 3. The number of amides is 2. The van der Waals surface area contributed by atoms with Crippen molar-refractivity contribution in [3.63, 3.8) is 0 Å². The molecule has 7 heteroatoms. The Hall–Kier alpha value is -2.44. The van der Waals surface area contributed by atoms with Crippen LogP contribution in [0.2, 0.25) is 0 Å². The number of hydrogen-bond acceptors (Lipinski definition) is 5. The minimum absolute atomic E-state index is 0.00230. The maximum absolute atomic E-state index is 11.6. The number of carbonyl (C=O) groups is 2. The lowest BCUT2D eigenvalue weighted by molar-refractivity contribution is -0.114. The van der Waals surface area contributed by atoms with Crippen molar-refractivity contribution >= 4 is 17.5 Å². The summed E-state index contributed by atoms with van der Waals surface area (Å²) in [5.41, 5.74) is 0.354. The first-order valence-corrected chi connectivity index (χ1v) is 5.81. The summed E-state index contributed by atoms with van der Waals surface area (Å²) in [6.45, 7) is 2.21. The van der Waals surface area contributed by atoms with Gasteiger partial charge in [0, 0.05) is 19.3 Å². The van der Waals surface area contributed by atoms with Gasteiger partial charge in [-0.05, 0) is 25.5 Å². The van der Waals surface area contributed by atoms with Crippen molar-refractivity contribution in [3.8, 4) is 0 Å². The average molecular weight is 264 g/mol. The van der Waals surface area contributed by atoms with E-state index in [9.17, 15) is 9.59 Å². The third-order valence-corrected chi connectivity index (χ3v) is 2.30. The number of oxime groups is 1. The zero-order valence-electron chi connectivity index (χ0n) is 10.6. The van der Waals surface area contributed by atoms with Gasteiger partial charge in [0.15, 0.2) is 0 Å². The van der Waals surface area contributed by atoms with Crippen LogP contribution in [0, 0.1) is 0 Å². The fourth-order valence-electron chi connectivity index (χ4n) is 1.25. The highest BCUT2D eigenvalue weighted by Crippen LogP contribution is 1.92. The SMILES string of the molecule is C/C(=N\O)C(=O)NCCCNC(=O)c1ccccn1. The predicted molar refractivity (Wildman–Crippen MR) is 69.1 cm³/mol. The second-order valence-corrected chi connectivity index (χ2v) is 3.77. The summed E-state index contributed by atoms with van der Waals surface area (Å²) in [5.74, 6) is -0.682. The van der Waals surface area contributed by atoms with E-state index in [0.717, 1.165) is 0 Å². The van der Waals surface area contributed by atoms with Crippen LogP contribution in [-0.4, -0.2) is 40.8 Å². The van der Waals surface area contributed by atoms with Gasteiger partial charge in [-0.1, -0.05) is 11.2 Å². The Labute approximate surface area is 110 Å². The number of aromatic nitrogens is 1. The zero-order valence-corrected chi connectivity index (χ0v) is 10.6. The highest BCUT2D eigenvalue weighted by Gasteiger charge is 2.06. The van der Waals surface area contributed by atoms with E-state index >= 15 is 0 Å². The van der Waals surface area contributed by atoms with Gasteiger partial charge in [-0.25, -0.2) is 0 Å². The summed E-state index contributed by atoms with van der Waals surface area (Å²) in [5, 5.41) is 16.4. The first-order valence-electron chi connectivity index (χ1n) is 5.81. The minimum atomic E-state index is -0.432. The molecule has 0 saturated heterocycles. The predicted octanol–water partition coefficient (Wildman–Crippen LogP) is 0.168. The second-order valence-electron chi connectivity index (χ2n) is 3.77. The van der Waals surface area contributed by atoms with Gasteiger partial charge in [-0.3, -0.25) is 14.6 Å². The minimum Gasteiger partial charge on any atom is -0.410 e. The van der Waals surface area contributed by atoms with Crippen molar-refractivity contribution in [2.24, 2.45) is 5.16 Å². The molecule has 1 aromatic heterocycles. The Kier molecular flexibility index (Phi) is 6.00. The molecule has 2 amide bonds. The second kappa shape index (κ2) is 7.80. The first-order chi connectivity index (χ1) is 9.15. The quantitative estimate of drug-likeness (QED) is 0.295. The topological polar surface area (TPSA) is 104 Å². The number of carbonyl (C=O) groups excluding carboxylic acids is 2. The first kappa shape index (κ1) is 14.6. The van der Waals surface area contributed by atoms with Crippen LogP contribution in [0.5, 0.6) is 0 Å². The molecule has 0 saturated carbocycles. The molecule has 102 valence electrons. The summed E-state index contributed by atoms with van der Waals surface area (Å²) in [7, 11) is 0. The lowest BCUT2D eigenvalue weighted by atomic mass is 10.3. The highest BCUT2D eigenvalue weighted by molar-refractivity contribution is 6.37. The van der Waals surface area contributed by atoms with Crippen molar-refractivity contribution in [1.82, 2.24) is 15.6 Å². The van der Waals surface area contributed by atoms with Crippen LogP contribution in [-0.2, 0) is 4.79 Å². The fraction of sp³-hybridized carbons (Fsp3) is 0.333. The average Bonchev–Trinajstić information content (AvgIpc) is 2.46. The van der Waals surface area contributed by atoms with E-state index in [4.69, 9.17) is 5.21 Å². The lowest BCUT2D eigenvalue weighted by Crippen LogP contribution is -2.33. The van der Waals surface area contributed by atoms with Gasteiger partial charge < -0.3 is 15.8 Å². The number of rotatable bonds is 6. The van der Waals surface area contributed by atoms with Gasteiger partial charge in [-0.15, -0.1) is 0 Å². The normalized spacial score (nSPS) is 10.9. The van der Waals surface area contributed by atoms with Crippen molar-refractivity contribution in [2.45, 2.75) is 13.3 Å². The van der Waals surface area contributed by atoms with E-state index in [-0.39, 0.29) is 11.6 Å². The molecule has 1 rings (SSSR count). The van der Waals surface area contributed by atoms with Crippen LogP contribution in [0.25, 0.3) is 0 Å². The molecule has 0 atom stereocenters. The Bertz CT molecular complexity index is 459. The Morgan fingerprint density at radius 3 is 2.68 bits per heavy atom. The molecule has 3 N–H and O–H groups in total. The van der Waals surface area contributed by atoms with E-state index in [1.165, 1.54) is 6.92 Å². The van der Waals surface area contributed by atoms with Gasteiger partial charge in [0.05, 0.1) is 0 Å². The largest absolute Gasteiger partial charge is 0.410 e. The smallest absolute Gasteiger partial charge is 0.269 e. The Morgan fingerprint density at radius 1 is 1.32 bits per heavy atom. The third kappa shape index (κ3) is 5.15. The monoisotopic (exact) mass is 264 g/mol. The molecule has 0 fully saturated rings. The zero-order chi connectivity index (χ0) is 14.1. The molecular formula is C12H16N4O3. The molecule has 0 aliphatic rings. The molecular weight excluding hydrogens is 248 g/mol. The summed E-state index contributed by atoms with van der Waals surface area (Å²) in [4.78, 5) is 26.7.